The fraction of sp³-hybridized carbons (Fsp3) is 0.500. The van der Waals surface area contributed by atoms with Crippen molar-refractivity contribution >= 4 is 27.5 Å². The minimum absolute atomic E-state index is 0.102. The van der Waals surface area contributed by atoms with Crippen molar-refractivity contribution in [3.63, 3.8) is 0 Å². The summed E-state index contributed by atoms with van der Waals surface area (Å²) in [7, 11) is -3.54. The average Bonchev–Trinajstić information content (AvgIpc) is 2.53. The molecule has 2 rings (SSSR count). The number of carbonyl (C=O) groups is 1. The molecule has 1 fully saturated rings. The van der Waals surface area contributed by atoms with Gasteiger partial charge in [-0.15, -0.1) is 0 Å². The lowest BCUT2D eigenvalue weighted by molar-refractivity contribution is -0.126. The number of nitrogens with zero attached hydrogens (tertiary/aromatic N) is 1. The molecule has 1 aromatic rings. The van der Waals surface area contributed by atoms with E-state index in [0.29, 0.717) is 31.0 Å². The number of aliphatic hydroxyl groups excluding tert-OH is 1. The van der Waals surface area contributed by atoms with E-state index in [4.69, 9.17) is 16.7 Å². The summed E-state index contributed by atoms with van der Waals surface area (Å²) in [5.74, 6) is -0.333. The summed E-state index contributed by atoms with van der Waals surface area (Å²) < 4.78 is 26.4. The SMILES string of the molecule is O=C(NCCO)C1CCN(S(=O)(=O)c2ccc(Cl)cc2)CC1. The number of carbonyl (C=O) groups excluding carboxylic acids is 1. The number of piperidine rings is 1. The van der Waals surface area contributed by atoms with Crippen LogP contribution in [0, 0.1) is 5.92 Å². The first-order valence-electron chi connectivity index (χ1n) is 7.09. The van der Waals surface area contributed by atoms with Gasteiger partial charge in [0, 0.05) is 30.6 Å². The predicted molar refractivity (Wildman–Crippen MR) is 83.0 cm³/mol. The molecule has 122 valence electrons. The molecule has 1 amide bonds. The van der Waals surface area contributed by atoms with E-state index in [9.17, 15) is 13.2 Å². The normalized spacial score (nSPS) is 17.4. The molecule has 0 aromatic heterocycles. The number of halogens is 1. The van der Waals surface area contributed by atoms with Crippen molar-refractivity contribution in [2.75, 3.05) is 26.2 Å². The largest absolute Gasteiger partial charge is 0.395 e. The number of aliphatic hydroxyl groups is 1. The van der Waals surface area contributed by atoms with Gasteiger partial charge in [0.1, 0.15) is 0 Å². The van der Waals surface area contributed by atoms with Crippen molar-refractivity contribution < 1.29 is 18.3 Å². The Balaban J connectivity index is 1.98. The van der Waals surface area contributed by atoms with Crippen molar-refractivity contribution in [3.05, 3.63) is 29.3 Å². The van der Waals surface area contributed by atoms with E-state index >= 15 is 0 Å². The Morgan fingerprint density at radius 2 is 1.86 bits per heavy atom. The number of amides is 1. The predicted octanol–water partition coefficient (Wildman–Crippen LogP) is 0.849. The van der Waals surface area contributed by atoms with Crippen molar-refractivity contribution in [2.24, 2.45) is 5.92 Å². The highest BCUT2D eigenvalue weighted by molar-refractivity contribution is 7.89. The molecule has 0 bridgehead atoms. The van der Waals surface area contributed by atoms with Gasteiger partial charge < -0.3 is 10.4 Å². The Labute approximate surface area is 135 Å². The topological polar surface area (TPSA) is 86.7 Å². The highest BCUT2D eigenvalue weighted by atomic mass is 35.5. The third-order valence-corrected chi connectivity index (χ3v) is 5.85. The van der Waals surface area contributed by atoms with Crippen LogP contribution in [-0.2, 0) is 14.8 Å². The van der Waals surface area contributed by atoms with E-state index in [2.05, 4.69) is 5.32 Å². The Kier molecular flexibility index (Phi) is 5.80. The fourth-order valence-corrected chi connectivity index (χ4v) is 4.03. The van der Waals surface area contributed by atoms with Gasteiger partial charge in [0.25, 0.3) is 0 Å². The minimum Gasteiger partial charge on any atom is -0.395 e. The maximum absolute atomic E-state index is 12.5. The zero-order chi connectivity index (χ0) is 16.2. The van der Waals surface area contributed by atoms with E-state index < -0.39 is 10.0 Å². The van der Waals surface area contributed by atoms with Crippen LogP contribution in [-0.4, -0.2) is 50.0 Å². The summed E-state index contributed by atoms with van der Waals surface area (Å²) >= 11 is 5.77. The molecule has 0 radical (unpaired) electrons. The fourth-order valence-electron chi connectivity index (χ4n) is 2.44. The monoisotopic (exact) mass is 346 g/mol. The number of benzene rings is 1. The number of hydrogen-bond donors (Lipinski definition) is 2. The molecular formula is C14H19ClN2O4S. The molecule has 0 unspecified atom stereocenters. The molecular weight excluding hydrogens is 328 g/mol. The molecule has 1 saturated heterocycles. The molecule has 0 aliphatic carbocycles. The second kappa shape index (κ2) is 7.41. The maximum atomic E-state index is 12.5. The number of sulfonamides is 1. The van der Waals surface area contributed by atoms with Crippen LogP contribution in [0.15, 0.2) is 29.2 Å². The first-order valence-corrected chi connectivity index (χ1v) is 8.91. The molecule has 0 saturated carbocycles. The van der Waals surface area contributed by atoms with E-state index in [1.165, 1.54) is 16.4 Å². The van der Waals surface area contributed by atoms with Gasteiger partial charge >= 0.3 is 0 Å². The van der Waals surface area contributed by atoms with Gasteiger partial charge in [0.2, 0.25) is 15.9 Å². The van der Waals surface area contributed by atoms with Crippen LogP contribution < -0.4 is 5.32 Å². The van der Waals surface area contributed by atoms with E-state index in [0.717, 1.165) is 0 Å². The highest BCUT2D eigenvalue weighted by Gasteiger charge is 2.31. The summed E-state index contributed by atoms with van der Waals surface area (Å²) in [5, 5.41) is 11.8. The summed E-state index contributed by atoms with van der Waals surface area (Å²) in [6, 6.07) is 6.06. The molecule has 0 spiro atoms. The molecule has 1 heterocycles. The Morgan fingerprint density at radius 1 is 1.27 bits per heavy atom. The zero-order valence-electron chi connectivity index (χ0n) is 12.0. The van der Waals surface area contributed by atoms with Gasteiger partial charge in [-0.2, -0.15) is 4.31 Å². The zero-order valence-corrected chi connectivity index (χ0v) is 13.6. The van der Waals surface area contributed by atoms with Crippen LogP contribution in [0.3, 0.4) is 0 Å². The number of hydrogen-bond acceptors (Lipinski definition) is 4. The molecule has 22 heavy (non-hydrogen) atoms. The lowest BCUT2D eigenvalue weighted by atomic mass is 9.97. The average molecular weight is 347 g/mol. The molecule has 8 heteroatoms. The van der Waals surface area contributed by atoms with Crippen molar-refractivity contribution in [1.82, 2.24) is 9.62 Å². The molecule has 6 nitrogen and oxygen atoms in total. The summed E-state index contributed by atoms with van der Waals surface area (Å²) in [6.07, 6.45) is 0.953. The van der Waals surface area contributed by atoms with Gasteiger partial charge in [-0.3, -0.25) is 4.79 Å². The lowest BCUT2D eigenvalue weighted by Crippen LogP contribution is -2.43. The van der Waals surface area contributed by atoms with Crippen molar-refractivity contribution in [1.29, 1.82) is 0 Å². The van der Waals surface area contributed by atoms with E-state index in [-0.39, 0.29) is 29.9 Å². The first kappa shape index (κ1) is 17.2. The van der Waals surface area contributed by atoms with Gasteiger partial charge in [-0.05, 0) is 37.1 Å². The molecule has 1 aliphatic heterocycles. The van der Waals surface area contributed by atoms with Gasteiger partial charge in [-0.25, -0.2) is 8.42 Å². The van der Waals surface area contributed by atoms with Crippen LogP contribution in [0.4, 0.5) is 0 Å². The first-order chi connectivity index (χ1) is 10.4. The second-order valence-electron chi connectivity index (χ2n) is 5.15. The van der Waals surface area contributed by atoms with Crippen molar-refractivity contribution in [3.8, 4) is 0 Å². The van der Waals surface area contributed by atoms with Crippen LogP contribution in [0.25, 0.3) is 0 Å². The quantitative estimate of drug-likeness (QED) is 0.827. The van der Waals surface area contributed by atoms with Crippen LogP contribution in [0.2, 0.25) is 5.02 Å². The third-order valence-electron chi connectivity index (χ3n) is 3.69. The summed E-state index contributed by atoms with van der Waals surface area (Å²) in [6.45, 7) is 0.738. The van der Waals surface area contributed by atoms with Crippen LogP contribution >= 0.6 is 11.6 Å². The third kappa shape index (κ3) is 3.98. The summed E-state index contributed by atoms with van der Waals surface area (Å²) in [4.78, 5) is 12.0. The van der Waals surface area contributed by atoms with E-state index in [1.54, 1.807) is 12.1 Å². The summed E-state index contributed by atoms with van der Waals surface area (Å²) in [5.41, 5.74) is 0. The lowest BCUT2D eigenvalue weighted by Gasteiger charge is -2.30. The Morgan fingerprint density at radius 3 is 2.41 bits per heavy atom. The number of rotatable bonds is 5. The molecule has 0 atom stereocenters. The standard InChI is InChI=1S/C14H19ClN2O4S/c15-12-1-3-13(4-2-12)22(20,21)17-8-5-11(6-9-17)14(19)16-7-10-18/h1-4,11,18H,5-10H2,(H,16,19). The van der Waals surface area contributed by atoms with Crippen LogP contribution in [0.5, 0.6) is 0 Å². The highest BCUT2D eigenvalue weighted by Crippen LogP contribution is 2.24. The minimum atomic E-state index is -3.54. The second-order valence-corrected chi connectivity index (χ2v) is 7.52. The van der Waals surface area contributed by atoms with Gasteiger partial charge in [0.05, 0.1) is 11.5 Å². The molecule has 1 aliphatic rings. The van der Waals surface area contributed by atoms with Gasteiger partial charge in [-0.1, -0.05) is 11.6 Å². The maximum Gasteiger partial charge on any atom is 0.243 e. The van der Waals surface area contributed by atoms with Gasteiger partial charge in [0.15, 0.2) is 0 Å². The van der Waals surface area contributed by atoms with Crippen molar-refractivity contribution in [2.45, 2.75) is 17.7 Å². The van der Waals surface area contributed by atoms with E-state index in [1.807, 2.05) is 0 Å². The smallest absolute Gasteiger partial charge is 0.243 e. The molecule has 1 aromatic carbocycles. The Hall–Kier alpha value is -1.15. The number of nitrogens with one attached hydrogen (secondary N) is 1. The Bertz CT molecular complexity index is 610. The molecule has 2 N–H and O–H groups in total. The van der Waals surface area contributed by atoms with Crippen LogP contribution in [0.1, 0.15) is 12.8 Å².